The molecule has 1 aromatic heterocycles. The van der Waals surface area contributed by atoms with Crippen molar-refractivity contribution in [2.24, 2.45) is 0 Å². The van der Waals surface area contributed by atoms with Crippen LogP contribution in [0.15, 0.2) is 54.6 Å². The van der Waals surface area contributed by atoms with Crippen molar-refractivity contribution in [3.05, 3.63) is 60.2 Å². The van der Waals surface area contributed by atoms with Crippen LogP contribution >= 0.6 is 0 Å². The molecule has 1 aliphatic rings. The third kappa shape index (κ3) is 4.03. The molecule has 0 radical (unpaired) electrons. The van der Waals surface area contributed by atoms with Crippen molar-refractivity contribution < 1.29 is 9.59 Å². The third-order valence-electron chi connectivity index (χ3n) is 5.14. The van der Waals surface area contributed by atoms with Gasteiger partial charge in [0.25, 0.3) is 0 Å². The van der Waals surface area contributed by atoms with Gasteiger partial charge in [-0.15, -0.1) is 5.10 Å². The lowest BCUT2D eigenvalue weighted by atomic mass is 10.0. The molecule has 0 spiro atoms. The van der Waals surface area contributed by atoms with Crippen LogP contribution in [0.4, 0.5) is 4.79 Å². The van der Waals surface area contributed by atoms with Gasteiger partial charge in [0.05, 0.1) is 5.52 Å². The minimum absolute atomic E-state index is 0.159. The number of rotatable bonds is 5. The Bertz CT molecular complexity index is 963. The van der Waals surface area contributed by atoms with E-state index in [1.165, 1.54) is 4.68 Å². The van der Waals surface area contributed by atoms with Gasteiger partial charge in [-0.25, -0.2) is 4.79 Å². The van der Waals surface area contributed by atoms with E-state index in [0.717, 1.165) is 31.2 Å². The Morgan fingerprint density at radius 2 is 1.75 bits per heavy atom. The highest BCUT2D eigenvalue weighted by atomic mass is 16.2. The lowest BCUT2D eigenvalue weighted by molar-refractivity contribution is -0.123. The summed E-state index contributed by atoms with van der Waals surface area (Å²) >= 11 is 0. The van der Waals surface area contributed by atoms with E-state index in [1.54, 1.807) is 12.1 Å². The Balaban J connectivity index is 1.53. The van der Waals surface area contributed by atoms with E-state index in [4.69, 9.17) is 0 Å². The summed E-state index contributed by atoms with van der Waals surface area (Å²) in [6.45, 7) is 0. The first-order valence-electron chi connectivity index (χ1n) is 9.66. The van der Waals surface area contributed by atoms with E-state index in [9.17, 15) is 9.59 Å². The van der Waals surface area contributed by atoms with Crippen molar-refractivity contribution in [1.82, 2.24) is 25.6 Å². The van der Waals surface area contributed by atoms with Gasteiger partial charge in [-0.05, 0) is 30.5 Å². The minimum atomic E-state index is -0.682. The number of amides is 2. The Morgan fingerprint density at radius 1 is 1.04 bits per heavy atom. The predicted octanol–water partition coefficient (Wildman–Crippen LogP) is 2.66. The molecular weight excluding hydrogens is 354 g/mol. The average Bonchev–Trinajstić information content (AvgIpc) is 3.38. The standard InChI is InChI=1S/C21H23N5O2/c27-20(22-16-10-4-5-11-16)18(14-15-8-2-1-3-9-15)23-21(28)26-19-13-7-6-12-17(19)24-25-26/h1-3,6-9,12-13,16,18H,4-5,10-11,14H2,(H,22,27)(H,23,28)/t18-/m0/s1. The molecule has 2 amide bonds. The zero-order valence-electron chi connectivity index (χ0n) is 15.5. The van der Waals surface area contributed by atoms with Gasteiger partial charge in [0.15, 0.2) is 0 Å². The Morgan fingerprint density at radius 3 is 2.54 bits per heavy atom. The van der Waals surface area contributed by atoms with Crippen molar-refractivity contribution in [3.8, 4) is 0 Å². The number of nitrogens with zero attached hydrogens (tertiary/aromatic N) is 3. The number of benzene rings is 2. The topological polar surface area (TPSA) is 88.9 Å². The first kappa shape index (κ1) is 18.2. The van der Waals surface area contributed by atoms with Gasteiger partial charge in [-0.3, -0.25) is 4.79 Å². The van der Waals surface area contributed by atoms with Crippen LogP contribution in [-0.2, 0) is 11.2 Å². The molecule has 0 bridgehead atoms. The molecule has 2 aromatic carbocycles. The molecular formula is C21H23N5O2. The molecule has 2 N–H and O–H groups in total. The highest BCUT2D eigenvalue weighted by Crippen LogP contribution is 2.18. The molecule has 144 valence electrons. The van der Waals surface area contributed by atoms with Gasteiger partial charge in [-0.1, -0.05) is 60.5 Å². The van der Waals surface area contributed by atoms with E-state index in [2.05, 4.69) is 20.9 Å². The van der Waals surface area contributed by atoms with E-state index < -0.39 is 12.1 Å². The maximum Gasteiger partial charge on any atom is 0.344 e. The monoisotopic (exact) mass is 377 g/mol. The summed E-state index contributed by atoms with van der Waals surface area (Å²) in [5, 5.41) is 13.9. The van der Waals surface area contributed by atoms with Crippen LogP contribution in [-0.4, -0.2) is 39.0 Å². The number of carbonyl (C=O) groups is 2. The van der Waals surface area contributed by atoms with Crippen molar-refractivity contribution in [2.45, 2.75) is 44.2 Å². The molecule has 4 rings (SSSR count). The molecule has 1 aliphatic carbocycles. The zero-order valence-corrected chi connectivity index (χ0v) is 15.5. The quantitative estimate of drug-likeness (QED) is 0.715. The molecule has 1 saturated carbocycles. The summed E-state index contributed by atoms with van der Waals surface area (Å²) < 4.78 is 1.20. The van der Waals surface area contributed by atoms with Gasteiger partial charge in [0, 0.05) is 12.5 Å². The highest BCUT2D eigenvalue weighted by molar-refractivity contribution is 5.91. The Kier molecular flexibility index (Phi) is 5.32. The van der Waals surface area contributed by atoms with Crippen LogP contribution in [0.25, 0.3) is 11.0 Å². The highest BCUT2D eigenvalue weighted by Gasteiger charge is 2.26. The number of hydrogen-bond donors (Lipinski definition) is 2. The van der Waals surface area contributed by atoms with Crippen LogP contribution in [0.3, 0.4) is 0 Å². The minimum Gasteiger partial charge on any atom is -0.352 e. The third-order valence-corrected chi connectivity index (χ3v) is 5.14. The van der Waals surface area contributed by atoms with Crippen molar-refractivity contribution in [1.29, 1.82) is 0 Å². The normalized spacial score (nSPS) is 15.4. The molecule has 7 heteroatoms. The second-order valence-electron chi connectivity index (χ2n) is 7.17. The summed E-state index contributed by atoms with van der Waals surface area (Å²) in [5.41, 5.74) is 2.22. The van der Waals surface area contributed by atoms with E-state index in [-0.39, 0.29) is 11.9 Å². The molecule has 1 fully saturated rings. The molecule has 0 saturated heterocycles. The van der Waals surface area contributed by atoms with Gasteiger partial charge >= 0.3 is 6.03 Å². The summed E-state index contributed by atoms with van der Waals surface area (Å²) in [6.07, 6.45) is 4.66. The lowest BCUT2D eigenvalue weighted by Gasteiger charge is -2.21. The van der Waals surface area contributed by atoms with E-state index >= 15 is 0 Å². The fourth-order valence-corrected chi connectivity index (χ4v) is 3.66. The van der Waals surface area contributed by atoms with E-state index in [0.29, 0.717) is 17.5 Å². The number of fused-ring (bicyclic) bond motifs is 1. The number of carbonyl (C=O) groups excluding carboxylic acids is 2. The summed E-state index contributed by atoms with van der Waals surface area (Å²) in [4.78, 5) is 25.7. The van der Waals surface area contributed by atoms with Crippen molar-refractivity contribution >= 4 is 23.0 Å². The average molecular weight is 377 g/mol. The first-order valence-corrected chi connectivity index (χ1v) is 9.66. The first-order chi connectivity index (χ1) is 13.7. The van der Waals surface area contributed by atoms with Crippen molar-refractivity contribution in [2.75, 3.05) is 0 Å². The van der Waals surface area contributed by atoms with E-state index in [1.807, 2.05) is 42.5 Å². The number of para-hydroxylation sites is 1. The molecule has 0 aliphatic heterocycles. The molecule has 28 heavy (non-hydrogen) atoms. The van der Waals surface area contributed by atoms with Crippen LogP contribution < -0.4 is 10.6 Å². The Hall–Kier alpha value is -3.22. The fraction of sp³-hybridized carbons (Fsp3) is 0.333. The van der Waals surface area contributed by atoms with Gasteiger partial charge < -0.3 is 10.6 Å². The second kappa shape index (κ2) is 8.21. The maximum absolute atomic E-state index is 12.9. The smallest absolute Gasteiger partial charge is 0.344 e. The molecule has 0 unspecified atom stereocenters. The fourth-order valence-electron chi connectivity index (χ4n) is 3.66. The lowest BCUT2D eigenvalue weighted by Crippen LogP contribution is -2.51. The largest absolute Gasteiger partial charge is 0.352 e. The van der Waals surface area contributed by atoms with Crippen LogP contribution in [0, 0.1) is 0 Å². The number of aromatic nitrogens is 3. The maximum atomic E-state index is 12.9. The zero-order chi connectivity index (χ0) is 19.3. The summed E-state index contributed by atoms with van der Waals surface area (Å²) in [7, 11) is 0. The van der Waals surface area contributed by atoms with Gasteiger partial charge in [0.2, 0.25) is 5.91 Å². The number of hydrogen-bond acceptors (Lipinski definition) is 4. The summed E-state index contributed by atoms with van der Waals surface area (Å²) in [5.74, 6) is -0.159. The SMILES string of the molecule is O=C(NC1CCCC1)[C@H](Cc1ccccc1)NC(=O)n1nnc2ccccc21. The van der Waals surface area contributed by atoms with Crippen LogP contribution in [0.2, 0.25) is 0 Å². The van der Waals surface area contributed by atoms with Gasteiger partial charge in [-0.2, -0.15) is 4.68 Å². The molecule has 1 atom stereocenters. The molecule has 3 aromatic rings. The van der Waals surface area contributed by atoms with Crippen LogP contribution in [0.5, 0.6) is 0 Å². The van der Waals surface area contributed by atoms with Crippen molar-refractivity contribution in [3.63, 3.8) is 0 Å². The summed E-state index contributed by atoms with van der Waals surface area (Å²) in [6, 6.07) is 16.0. The molecule has 1 heterocycles. The van der Waals surface area contributed by atoms with Crippen LogP contribution in [0.1, 0.15) is 31.2 Å². The molecule has 7 nitrogen and oxygen atoms in total. The second-order valence-corrected chi connectivity index (χ2v) is 7.17. The number of nitrogens with one attached hydrogen (secondary N) is 2. The predicted molar refractivity (Wildman–Crippen MR) is 106 cm³/mol. The van der Waals surface area contributed by atoms with Gasteiger partial charge in [0.1, 0.15) is 11.6 Å². The Labute approximate surface area is 163 Å².